The summed E-state index contributed by atoms with van der Waals surface area (Å²) in [6.45, 7) is 5.18. The predicted molar refractivity (Wildman–Crippen MR) is 49.1 cm³/mol. The van der Waals surface area contributed by atoms with E-state index in [1.165, 1.54) is 0 Å². The molecule has 0 aromatic rings. The molecule has 3 atom stereocenters. The Bertz CT molecular complexity index is 292. The minimum Gasteiger partial charge on any atom is -0.299 e. The summed E-state index contributed by atoms with van der Waals surface area (Å²) >= 11 is 0. The van der Waals surface area contributed by atoms with Crippen LogP contribution in [0, 0.1) is 17.3 Å². The number of fused-ring (bicyclic) bond motifs is 1. The fraction of sp³-hybridized carbons (Fsp3) is 0.636. The smallest absolute Gasteiger partial charge is 0.150 e. The highest BCUT2D eigenvalue weighted by atomic mass is 16.2. The zero-order chi connectivity index (χ0) is 9.64. The third kappa shape index (κ3) is 0.946. The summed E-state index contributed by atoms with van der Waals surface area (Å²) in [6, 6.07) is 0. The lowest BCUT2D eigenvalue weighted by atomic mass is 9.91. The molecule has 2 aliphatic carbocycles. The van der Waals surface area contributed by atoms with Gasteiger partial charge in [-0.05, 0) is 32.1 Å². The van der Waals surface area contributed by atoms with Crippen LogP contribution in [0.25, 0.3) is 0 Å². The molecule has 2 heteroatoms. The van der Waals surface area contributed by atoms with Crippen LogP contribution < -0.4 is 0 Å². The standard InChI is InChI=1S/C11H14O2/c1-3-4-8-5-9-6-11(9,7(2)12)10(8)13/h3,8-9H,1,4-6H2,2H3/t8?,9-,11-/m1/s1. The lowest BCUT2D eigenvalue weighted by Gasteiger charge is -2.10. The quantitative estimate of drug-likeness (QED) is 0.487. The molecule has 0 aromatic heterocycles. The van der Waals surface area contributed by atoms with Crippen LogP contribution in [-0.4, -0.2) is 11.6 Å². The maximum absolute atomic E-state index is 11.8. The monoisotopic (exact) mass is 178 g/mol. The van der Waals surface area contributed by atoms with E-state index in [1.54, 1.807) is 13.0 Å². The summed E-state index contributed by atoms with van der Waals surface area (Å²) in [7, 11) is 0. The summed E-state index contributed by atoms with van der Waals surface area (Å²) < 4.78 is 0. The van der Waals surface area contributed by atoms with Crippen molar-refractivity contribution in [2.24, 2.45) is 17.3 Å². The second-order valence-corrected chi connectivity index (χ2v) is 4.25. The molecule has 0 N–H and O–H groups in total. The minimum atomic E-state index is -0.534. The molecule has 2 aliphatic rings. The van der Waals surface area contributed by atoms with Gasteiger partial charge in [0.05, 0.1) is 5.41 Å². The first-order chi connectivity index (χ1) is 6.13. The van der Waals surface area contributed by atoms with Crippen molar-refractivity contribution in [2.75, 3.05) is 0 Å². The molecule has 0 aliphatic heterocycles. The van der Waals surface area contributed by atoms with Crippen molar-refractivity contribution in [1.29, 1.82) is 0 Å². The van der Waals surface area contributed by atoms with E-state index < -0.39 is 5.41 Å². The van der Waals surface area contributed by atoms with Gasteiger partial charge in [0.1, 0.15) is 11.6 Å². The highest BCUT2D eigenvalue weighted by Gasteiger charge is 2.68. The normalized spacial score (nSPS) is 41.5. The first-order valence-electron chi connectivity index (χ1n) is 4.79. The van der Waals surface area contributed by atoms with E-state index in [0.29, 0.717) is 5.92 Å². The molecule has 0 radical (unpaired) electrons. The number of allylic oxidation sites excluding steroid dienone is 1. The first-order valence-corrected chi connectivity index (χ1v) is 4.79. The third-order valence-corrected chi connectivity index (χ3v) is 3.56. The lowest BCUT2D eigenvalue weighted by Crippen LogP contribution is -2.25. The molecule has 2 saturated carbocycles. The van der Waals surface area contributed by atoms with Gasteiger partial charge in [0.15, 0.2) is 0 Å². The van der Waals surface area contributed by atoms with Gasteiger partial charge in [0.25, 0.3) is 0 Å². The van der Waals surface area contributed by atoms with E-state index >= 15 is 0 Å². The maximum Gasteiger partial charge on any atom is 0.150 e. The lowest BCUT2D eigenvalue weighted by molar-refractivity contribution is -0.134. The molecule has 0 heterocycles. The molecule has 0 spiro atoms. The van der Waals surface area contributed by atoms with E-state index in [2.05, 4.69) is 6.58 Å². The fourth-order valence-electron chi connectivity index (χ4n) is 2.74. The third-order valence-electron chi connectivity index (χ3n) is 3.56. The van der Waals surface area contributed by atoms with E-state index in [-0.39, 0.29) is 17.5 Å². The number of ketones is 2. The predicted octanol–water partition coefficient (Wildman–Crippen LogP) is 1.75. The summed E-state index contributed by atoms with van der Waals surface area (Å²) in [5.41, 5.74) is -0.534. The van der Waals surface area contributed by atoms with Gasteiger partial charge >= 0.3 is 0 Å². The van der Waals surface area contributed by atoms with Gasteiger partial charge in [-0.1, -0.05) is 6.08 Å². The molecular weight excluding hydrogens is 164 g/mol. The second kappa shape index (κ2) is 2.53. The van der Waals surface area contributed by atoms with E-state index in [1.807, 2.05) is 0 Å². The van der Waals surface area contributed by atoms with Crippen molar-refractivity contribution in [3.05, 3.63) is 12.7 Å². The van der Waals surface area contributed by atoms with Crippen LogP contribution in [0.2, 0.25) is 0 Å². The van der Waals surface area contributed by atoms with Gasteiger partial charge in [-0.3, -0.25) is 9.59 Å². The maximum atomic E-state index is 11.8. The van der Waals surface area contributed by atoms with E-state index in [9.17, 15) is 9.59 Å². The molecule has 2 rings (SSSR count). The minimum absolute atomic E-state index is 0.0778. The van der Waals surface area contributed by atoms with Gasteiger partial charge < -0.3 is 0 Å². The second-order valence-electron chi connectivity index (χ2n) is 4.25. The van der Waals surface area contributed by atoms with Gasteiger partial charge in [0.2, 0.25) is 0 Å². The SMILES string of the molecule is C=CCC1C[C@@H]2C[C@]2(C(C)=O)C1=O. The Morgan fingerprint density at radius 1 is 1.77 bits per heavy atom. The Balaban J connectivity index is 2.18. The molecule has 0 saturated heterocycles. The topological polar surface area (TPSA) is 34.1 Å². The summed E-state index contributed by atoms with van der Waals surface area (Å²) in [4.78, 5) is 23.2. The van der Waals surface area contributed by atoms with Gasteiger partial charge in [-0.25, -0.2) is 0 Å². The fourth-order valence-corrected chi connectivity index (χ4v) is 2.74. The van der Waals surface area contributed by atoms with Crippen LogP contribution >= 0.6 is 0 Å². The van der Waals surface area contributed by atoms with Crippen molar-refractivity contribution < 1.29 is 9.59 Å². The number of hydrogen-bond donors (Lipinski definition) is 0. The number of carbonyl (C=O) groups excluding carboxylic acids is 2. The molecule has 2 fully saturated rings. The van der Waals surface area contributed by atoms with E-state index in [4.69, 9.17) is 0 Å². The Morgan fingerprint density at radius 3 is 2.92 bits per heavy atom. The highest BCUT2D eigenvalue weighted by Crippen LogP contribution is 2.64. The van der Waals surface area contributed by atoms with Crippen LogP contribution in [-0.2, 0) is 9.59 Å². The molecule has 13 heavy (non-hydrogen) atoms. The van der Waals surface area contributed by atoms with Gasteiger partial charge in [-0.15, -0.1) is 6.58 Å². The summed E-state index contributed by atoms with van der Waals surface area (Å²) in [5, 5.41) is 0. The Kier molecular flexibility index (Phi) is 1.69. The highest BCUT2D eigenvalue weighted by molar-refractivity contribution is 6.12. The molecule has 0 bridgehead atoms. The molecule has 70 valence electrons. The van der Waals surface area contributed by atoms with Gasteiger partial charge in [0, 0.05) is 5.92 Å². The van der Waals surface area contributed by atoms with Crippen LogP contribution in [0.5, 0.6) is 0 Å². The number of Topliss-reactive ketones (excluding diaryl/α,β-unsaturated/α-hetero) is 2. The molecule has 0 amide bonds. The number of carbonyl (C=O) groups is 2. The van der Waals surface area contributed by atoms with Crippen molar-refractivity contribution >= 4 is 11.6 Å². The van der Waals surface area contributed by atoms with Crippen LogP contribution in [0.4, 0.5) is 0 Å². The number of rotatable bonds is 3. The van der Waals surface area contributed by atoms with Crippen molar-refractivity contribution in [3.63, 3.8) is 0 Å². The van der Waals surface area contributed by atoms with Crippen LogP contribution in [0.15, 0.2) is 12.7 Å². The van der Waals surface area contributed by atoms with Crippen molar-refractivity contribution in [2.45, 2.75) is 26.2 Å². The molecule has 1 unspecified atom stereocenters. The zero-order valence-electron chi connectivity index (χ0n) is 7.88. The van der Waals surface area contributed by atoms with Crippen molar-refractivity contribution in [1.82, 2.24) is 0 Å². The van der Waals surface area contributed by atoms with Crippen molar-refractivity contribution in [3.8, 4) is 0 Å². The zero-order valence-corrected chi connectivity index (χ0v) is 7.88. The largest absolute Gasteiger partial charge is 0.299 e. The van der Waals surface area contributed by atoms with Gasteiger partial charge in [-0.2, -0.15) is 0 Å². The Labute approximate surface area is 78.0 Å². The van der Waals surface area contributed by atoms with Crippen LogP contribution in [0.3, 0.4) is 0 Å². The average molecular weight is 178 g/mol. The van der Waals surface area contributed by atoms with E-state index in [0.717, 1.165) is 19.3 Å². The molecule has 2 nitrogen and oxygen atoms in total. The summed E-state index contributed by atoms with van der Waals surface area (Å²) in [6.07, 6.45) is 4.24. The first kappa shape index (κ1) is 8.67. The average Bonchev–Trinajstić information content (AvgIpc) is 2.72. The number of hydrogen-bond acceptors (Lipinski definition) is 2. The molecular formula is C11H14O2. The Morgan fingerprint density at radius 2 is 2.46 bits per heavy atom. The molecule has 0 aromatic carbocycles. The Hall–Kier alpha value is -0.920. The van der Waals surface area contributed by atoms with Crippen LogP contribution in [0.1, 0.15) is 26.2 Å². The summed E-state index contributed by atoms with van der Waals surface area (Å²) in [5.74, 6) is 0.710.